The van der Waals surface area contributed by atoms with Crippen LogP contribution in [-0.2, 0) is 0 Å². The van der Waals surface area contributed by atoms with Crippen LogP contribution in [0.1, 0.15) is 19.3 Å². The van der Waals surface area contributed by atoms with Gasteiger partial charge in [-0.3, -0.25) is 0 Å². The van der Waals surface area contributed by atoms with Gasteiger partial charge in [0.05, 0.1) is 12.1 Å². The summed E-state index contributed by atoms with van der Waals surface area (Å²) in [5.74, 6) is 2.97. The quantitative estimate of drug-likeness (QED) is 0.685. The van der Waals surface area contributed by atoms with Gasteiger partial charge in [-0.25, -0.2) is 0 Å². The molecule has 4 atom stereocenters. The molecule has 2 aromatic rings. The lowest BCUT2D eigenvalue weighted by molar-refractivity contribution is 0.546. The van der Waals surface area contributed by atoms with Crippen molar-refractivity contribution in [2.45, 2.75) is 31.3 Å². The minimum Gasteiger partial charge on any atom is -0.344 e. The van der Waals surface area contributed by atoms with Crippen molar-refractivity contribution in [2.75, 3.05) is 4.90 Å². The number of anilines is 1. The maximum absolute atomic E-state index is 4.59. The van der Waals surface area contributed by atoms with Crippen LogP contribution in [-0.4, -0.2) is 31.9 Å². The lowest BCUT2D eigenvalue weighted by Gasteiger charge is -2.12. The largest absolute Gasteiger partial charge is 0.344 e. The second-order valence-electron chi connectivity index (χ2n) is 5.55. The lowest BCUT2D eigenvalue weighted by atomic mass is 10.0. The van der Waals surface area contributed by atoms with Gasteiger partial charge in [0.1, 0.15) is 12.1 Å². The number of piperidine rings is 1. The van der Waals surface area contributed by atoms with Crippen LogP contribution in [0.4, 0.5) is 5.82 Å². The third kappa shape index (κ3) is 0.936. The van der Waals surface area contributed by atoms with Crippen molar-refractivity contribution >= 4 is 11.5 Å². The third-order valence-corrected chi connectivity index (χ3v) is 4.79. The fraction of sp³-hybridized carbons (Fsp3) is 0.583. The van der Waals surface area contributed by atoms with Gasteiger partial charge in [-0.15, -0.1) is 15.3 Å². The zero-order chi connectivity index (χ0) is 11.0. The molecule has 0 unspecified atom stereocenters. The molecule has 3 fully saturated rings. The molecule has 5 nitrogen and oxygen atoms in total. The Morgan fingerprint density at radius 3 is 2.76 bits per heavy atom. The van der Waals surface area contributed by atoms with Crippen LogP contribution in [0.3, 0.4) is 0 Å². The van der Waals surface area contributed by atoms with Crippen molar-refractivity contribution in [3.05, 3.63) is 18.5 Å². The van der Waals surface area contributed by atoms with E-state index in [0.29, 0.717) is 0 Å². The summed E-state index contributed by atoms with van der Waals surface area (Å²) in [6.07, 6.45) is 5.99. The molecule has 0 N–H and O–H groups in total. The highest BCUT2D eigenvalue weighted by atomic mass is 15.5. The van der Waals surface area contributed by atoms with Crippen LogP contribution < -0.4 is 4.90 Å². The first-order chi connectivity index (χ1) is 8.42. The second-order valence-corrected chi connectivity index (χ2v) is 5.55. The van der Waals surface area contributed by atoms with Crippen LogP contribution in [0.2, 0.25) is 0 Å². The number of hydrogen-bond acceptors (Lipinski definition) is 4. The minimum atomic E-state index is 0.787. The summed E-state index contributed by atoms with van der Waals surface area (Å²) in [5, 5.41) is 12.4. The molecule has 2 aromatic heterocycles. The van der Waals surface area contributed by atoms with Crippen molar-refractivity contribution in [3.8, 4) is 0 Å². The molecule has 1 aliphatic heterocycles. The molecule has 2 saturated carbocycles. The first kappa shape index (κ1) is 8.44. The minimum absolute atomic E-state index is 0.787. The van der Waals surface area contributed by atoms with Crippen LogP contribution in [0.25, 0.3) is 5.65 Å². The van der Waals surface area contributed by atoms with E-state index in [0.717, 1.165) is 35.4 Å². The van der Waals surface area contributed by atoms with Gasteiger partial charge in [0, 0.05) is 0 Å². The van der Waals surface area contributed by atoms with Crippen molar-refractivity contribution in [1.82, 2.24) is 19.8 Å². The molecule has 2 aliphatic carbocycles. The topological polar surface area (TPSA) is 46.1 Å². The molecule has 3 aliphatic rings. The Labute approximate surface area is 98.4 Å². The highest BCUT2D eigenvalue weighted by molar-refractivity contribution is 5.56. The predicted molar refractivity (Wildman–Crippen MR) is 61.7 cm³/mol. The smallest absolute Gasteiger partial charge is 0.177 e. The van der Waals surface area contributed by atoms with Gasteiger partial charge >= 0.3 is 0 Å². The first-order valence-corrected chi connectivity index (χ1v) is 6.37. The Hall–Kier alpha value is -1.65. The molecule has 0 amide bonds. The summed E-state index contributed by atoms with van der Waals surface area (Å²) in [5.41, 5.74) is 0.823. The van der Waals surface area contributed by atoms with Gasteiger partial charge in [0.15, 0.2) is 5.65 Å². The maximum atomic E-state index is 4.59. The van der Waals surface area contributed by atoms with E-state index in [2.05, 4.69) is 26.3 Å². The van der Waals surface area contributed by atoms with E-state index in [1.165, 1.54) is 19.3 Å². The molecule has 0 radical (unpaired) electrons. The molecular formula is C12H13N5. The number of aromatic nitrogens is 4. The highest BCUT2D eigenvalue weighted by Crippen LogP contribution is 2.59. The average molecular weight is 227 g/mol. The molecule has 1 saturated heterocycles. The third-order valence-electron chi connectivity index (χ3n) is 4.79. The molecule has 3 heterocycles. The molecule has 2 bridgehead atoms. The van der Waals surface area contributed by atoms with E-state index >= 15 is 0 Å². The summed E-state index contributed by atoms with van der Waals surface area (Å²) in [4.78, 5) is 2.51. The average Bonchev–Trinajstić information content (AvgIpc) is 2.76. The number of hydrogen-bond donors (Lipinski definition) is 0. The SMILES string of the molecule is c1cc2nncn2nc1N1[C@@H]2[C@H]3CC[C@@H](C3)[C@@H]21. The number of nitrogens with zero attached hydrogens (tertiary/aromatic N) is 5. The highest BCUT2D eigenvalue weighted by Gasteiger charge is 2.64. The Morgan fingerprint density at radius 1 is 1.12 bits per heavy atom. The molecule has 17 heavy (non-hydrogen) atoms. The zero-order valence-electron chi connectivity index (χ0n) is 9.40. The maximum Gasteiger partial charge on any atom is 0.177 e. The van der Waals surface area contributed by atoms with Crippen molar-refractivity contribution < 1.29 is 0 Å². The van der Waals surface area contributed by atoms with E-state index in [-0.39, 0.29) is 0 Å². The molecule has 86 valence electrons. The predicted octanol–water partition coefficient (Wildman–Crippen LogP) is 1.11. The first-order valence-electron chi connectivity index (χ1n) is 6.37. The molecular weight excluding hydrogens is 214 g/mol. The van der Waals surface area contributed by atoms with Crippen LogP contribution in [0, 0.1) is 11.8 Å². The monoisotopic (exact) mass is 227 g/mol. The van der Waals surface area contributed by atoms with Crippen molar-refractivity contribution in [1.29, 1.82) is 0 Å². The number of fused-ring (bicyclic) bond motifs is 6. The summed E-state index contributed by atoms with van der Waals surface area (Å²) in [6.45, 7) is 0. The summed E-state index contributed by atoms with van der Waals surface area (Å²) < 4.78 is 1.77. The van der Waals surface area contributed by atoms with Crippen LogP contribution in [0.5, 0.6) is 0 Å². The molecule has 5 rings (SSSR count). The molecule has 5 heteroatoms. The fourth-order valence-electron chi connectivity index (χ4n) is 4.12. The van der Waals surface area contributed by atoms with E-state index < -0.39 is 0 Å². The Morgan fingerprint density at radius 2 is 1.94 bits per heavy atom. The summed E-state index contributed by atoms with van der Waals surface area (Å²) in [6, 6.07) is 5.66. The van der Waals surface area contributed by atoms with Gasteiger partial charge in [0.25, 0.3) is 0 Å². The molecule has 0 aromatic carbocycles. The second kappa shape index (κ2) is 2.60. The van der Waals surface area contributed by atoms with Gasteiger partial charge in [0.2, 0.25) is 0 Å². The number of rotatable bonds is 1. The lowest BCUT2D eigenvalue weighted by Crippen LogP contribution is -2.13. The van der Waals surface area contributed by atoms with Crippen molar-refractivity contribution in [2.24, 2.45) is 11.8 Å². The molecule has 0 spiro atoms. The van der Waals surface area contributed by atoms with Crippen LogP contribution in [0.15, 0.2) is 18.5 Å². The Kier molecular flexibility index (Phi) is 1.29. The van der Waals surface area contributed by atoms with E-state index in [9.17, 15) is 0 Å². The van der Waals surface area contributed by atoms with E-state index in [1.54, 1.807) is 10.8 Å². The normalized spacial score (nSPS) is 37.8. The zero-order valence-corrected chi connectivity index (χ0v) is 9.40. The van der Waals surface area contributed by atoms with Crippen molar-refractivity contribution in [3.63, 3.8) is 0 Å². The fourth-order valence-corrected chi connectivity index (χ4v) is 4.12. The Bertz CT molecular complexity index is 590. The van der Waals surface area contributed by atoms with Gasteiger partial charge in [-0.2, -0.15) is 4.52 Å². The van der Waals surface area contributed by atoms with Crippen LogP contribution >= 0.6 is 0 Å². The summed E-state index contributed by atoms with van der Waals surface area (Å²) in [7, 11) is 0. The standard InChI is InChI=1S/C12H13N5/c1-2-8-5-7(1)11-12(8)17(11)10-4-3-9-14-13-6-16(9)15-10/h3-4,6-8,11-12H,1-2,5H2/t7-,8-,11-,12+,17?/m0/s1. The van der Waals surface area contributed by atoms with Gasteiger partial charge in [-0.05, 0) is 43.2 Å². The Balaban J connectivity index is 1.57. The summed E-state index contributed by atoms with van der Waals surface area (Å²) >= 11 is 0. The van der Waals surface area contributed by atoms with E-state index in [1.807, 2.05) is 6.07 Å². The van der Waals surface area contributed by atoms with Gasteiger partial charge < -0.3 is 4.90 Å². The van der Waals surface area contributed by atoms with E-state index in [4.69, 9.17) is 0 Å². The van der Waals surface area contributed by atoms with Gasteiger partial charge in [-0.1, -0.05) is 0 Å².